The molecule has 2 saturated heterocycles. The molecule has 2 aromatic rings. The molecule has 3 heterocycles. The summed E-state index contributed by atoms with van der Waals surface area (Å²) in [6.07, 6.45) is 5.63. The first kappa shape index (κ1) is 31.4. The molecule has 1 aromatic heterocycles. The van der Waals surface area contributed by atoms with Crippen molar-refractivity contribution in [2.45, 2.75) is 69.8 Å². The summed E-state index contributed by atoms with van der Waals surface area (Å²) in [5, 5.41) is 19.3. The number of aliphatic hydroxyl groups excluding tert-OH is 1. The smallest absolute Gasteiger partial charge is 0.305 e. The average molecular weight is 726 g/mol. The molecule has 2 N–H and O–H groups in total. The Morgan fingerprint density at radius 2 is 1.57 bits per heavy atom. The van der Waals surface area contributed by atoms with Crippen molar-refractivity contribution in [3.05, 3.63) is 60.7 Å². The third-order valence-electron chi connectivity index (χ3n) is 9.03. The van der Waals surface area contributed by atoms with Crippen LogP contribution < -0.4 is 0 Å². The molecule has 0 radical (unpaired) electrons. The van der Waals surface area contributed by atoms with Gasteiger partial charge in [-0.2, -0.15) is 0 Å². The monoisotopic (exact) mass is 723 g/mol. The number of fused-ring (bicyclic) bond motifs is 2. The molecule has 0 bridgehead atoms. The van der Waals surface area contributed by atoms with Crippen LogP contribution in [-0.4, -0.2) is 75.1 Å². The molecule has 2 amide bonds. The van der Waals surface area contributed by atoms with Crippen LogP contribution in [0, 0.1) is 11.8 Å². The van der Waals surface area contributed by atoms with E-state index in [4.69, 9.17) is 21.7 Å². The van der Waals surface area contributed by atoms with Crippen LogP contribution in [0.5, 0.6) is 0 Å². The zero-order chi connectivity index (χ0) is 30.0. The van der Waals surface area contributed by atoms with Gasteiger partial charge in [0.05, 0.1) is 24.6 Å². The van der Waals surface area contributed by atoms with E-state index in [0.717, 1.165) is 58.2 Å². The number of amides is 2. The Kier molecular flexibility index (Phi) is 10.3. The van der Waals surface area contributed by atoms with E-state index in [1.54, 1.807) is 4.90 Å². The predicted octanol–water partition coefficient (Wildman–Crippen LogP) is 5.58. The van der Waals surface area contributed by atoms with Crippen molar-refractivity contribution < 1.29 is 24.6 Å². The first-order valence-electron chi connectivity index (χ1n) is 14.7. The number of piperidine rings is 2. The van der Waals surface area contributed by atoms with Crippen molar-refractivity contribution in [1.29, 1.82) is 0 Å². The number of carbonyl (C=O) groups is 3. The van der Waals surface area contributed by atoms with E-state index in [9.17, 15) is 19.5 Å². The molecule has 2 fully saturated rings. The number of carbonyl (C=O) groups excluding carboxylic acids is 2. The van der Waals surface area contributed by atoms with Gasteiger partial charge in [-0.1, -0.05) is 27.5 Å². The molecule has 42 heavy (non-hydrogen) atoms. The van der Waals surface area contributed by atoms with E-state index < -0.39 is 18.5 Å². The summed E-state index contributed by atoms with van der Waals surface area (Å²) in [4.78, 5) is 45.1. The highest BCUT2D eigenvalue weighted by atomic mass is 79.9. The summed E-state index contributed by atoms with van der Waals surface area (Å²) in [5.74, 6) is -0.484. The number of hydrogen-bond donors (Lipinski definition) is 2. The Morgan fingerprint density at radius 3 is 2.26 bits per heavy atom. The Hall–Kier alpha value is -2.01. The molecule has 1 unspecified atom stereocenters. The molecule has 1 aromatic carbocycles. The number of pyridine rings is 1. The Morgan fingerprint density at radius 1 is 0.929 bits per heavy atom. The number of aliphatic carboxylic acids is 1. The molecule has 8 nitrogen and oxygen atoms in total. The van der Waals surface area contributed by atoms with E-state index in [1.807, 2.05) is 17.2 Å². The number of benzene rings is 1. The first-order valence-corrected chi connectivity index (χ1v) is 16.6. The quantitative estimate of drug-likeness (QED) is 0.386. The lowest BCUT2D eigenvalue weighted by Crippen LogP contribution is -2.43. The van der Waals surface area contributed by atoms with E-state index in [0.29, 0.717) is 38.5 Å². The van der Waals surface area contributed by atoms with Crippen molar-refractivity contribution in [1.82, 2.24) is 14.8 Å². The Bertz CT molecular complexity index is 1340. The molecule has 0 spiro atoms. The zero-order valence-electron chi connectivity index (χ0n) is 23.4. The van der Waals surface area contributed by atoms with Crippen molar-refractivity contribution in [2.75, 3.05) is 26.2 Å². The normalized spacial score (nSPS) is 20.4. The van der Waals surface area contributed by atoms with Gasteiger partial charge in [0.25, 0.3) is 0 Å². The van der Waals surface area contributed by atoms with Crippen LogP contribution in [-0.2, 0) is 27.2 Å². The van der Waals surface area contributed by atoms with Gasteiger partial charge in [0, 0.05) is 58.7 Å². The van der Waals surface area contributed by atoms with Gasteiger partial charge < -0.3 is 20.0 Å². The summed E-state index contributed by atoms with van der Waals surface area (Å²) in [5.41, 5.74) is 4.91. The van der Waals surface area contributed by atoms with Crippen LogP contribution >= 0.6 is 43.5 Å². The Labute approximate surface area is 268 Å². The molecule has 2 atom stereocenters. The number of carboxylic acids is 1. The molecule has 11 heteroatoms. The second kappa shape index (κ2) is 13.7. The van der Waals surface area contributed by atoms with E-state index in [-0.39, 0.29) is 30.1 Å². The largest absolute Gasteiger partial charge is 0.481 e. The number of halogens is 3. The summed E-state index contributed by atoms with van der Waals surface area (Å²) in [6, 6.07) is 6.25. The summed E-state index contributed by atoms with van der Waals surface area (Å²) >= 11 is 13.9. The maximum Gasteiger partial charge on any atom is 0.305 e. The minimum atomic E-state index is -1.17. The Balaban J connectivity index is 1.19. The van der Waals surface area contributed by atoms with Gasteiger partial charge in [-0.15, -0.1) is 0 Å². The lowest BCUT2D eigenvalue weighted by molar-refractivity contribution is -0.140. The van der Waals surface area contributed by atoms with Crippen LogP contribution in [0.3, 0.4) is 0 Å². The first-order chi connectivity index (χ1) is 20.1. The van der Waals surface area contributed by atoms with E-state index in [2.05, 4.69) is 44.0 Å². The maximum absolute atomic E-state index is 13.3. The van der Waals surface area contributed by atoms with E-state index >= 15 is 0 Å². The van der Waals surface area contributed by atoms with Crippen molar-refractivity contribution in [3.63, 3.8) is 0 Å². The minimum absolute atomic E-state index is 0.130. The highest BCUT2D eigenvalue weighted by molar-refractivity contribution is 9.10. The van der Waals surface area contributed by atoms with Crippen molar-refractivity contribution >= 4 is 61.2 Å². The molecule has 5 rings (SSSR count). The number of hydrogen-bond acceptors (Lipinski definition) is 5. The SMILES string of the molecule is O=C(O)CC(O)CC(=O)N1CCC(CC(=O)N2CCC([C@H]3c4ncc(Br)cc4CCc4cc(Cl)cc(Br)c43)CC2)CC1. The molecule has 1 aliphatic carbocycles. The standard InChI is InChI=1S/C31H36Br2ClN3O5/c32-22-12-21-2-1-20-13-23(34)14-25(33)29(20)30(31(21)35-17-22)19-5-9-37(10-6-19)26(39)11-18-3-7-36(8-4-18)27(40)15-24(38)16-28(41)42/h12-14,17-19,24,30,38H,1-11,15-16H2,(H,41,42)/t24?,30-/m1/s1. The number of aromatic nitrogens is 1. The maximum atomic E-state index is 13.3. The number of aryl methyl sites for hydroxylation is 2. The second-order valence-electron chi connectivity index (χ2n) is 11.8. The highest BCUT2D eigenvalue weighted by Gasteiger charge is 2.37. The molecule has 3 aliphatic rings. The summed E-state index contributed by atoms with van der Waals surface area (Å²) < 4.78 is 2.00. The van der Waals surface area contributed by atoms with Gasteiger partial charge in [0.15, 0.2) is 0 Å². The van der Waals surface area contributed by atoms with Crippen LogP contribution in [0.1, 0.15) is 73.2 Å². The van der Waals surface area contributed by atoms with Crippen LogP contribution in [0.2, 0.25) is 5.02 Å². The van der Waals surface area contributed by atoms with Gasteiger partial charge in [-0.3, -0.25) is 19.4 Å². The topological polar surface area (TPSA) is 111 Å². The van der Waals surface area contributed by atoms with Gasteiger partial charge >= 0.3 is 5.97 Å². The second-order valence-corrected chi connectivity index (χ2v) is 14.0. The van der Waals surface area contributed by atoms with Crippen LogP contribution in [0.4, 0.5) is 0 Å². The highest BCUT2D eigenvalue weighted by Crippen LogP contribution is 2.46. The third-order valence-corrected chi connectivity index (χ3v) is 10.3. The molecule has 2 aliphatic heterocycles. The van der Waals surface area contributed by atoms with Gasteiger partial charge in [0.2, 0.25) is 11.8 Å². The molecular formula is C31H36Br2ClN3O5. The fraction of sp³-hybridized carbons (Fsp3) is 0.548. The van der Waals surface area contributed by atoms with Gasteiger partial charge in [0.1, 0.15) is 0 Å². The molecule has 226 valence electrons. The average Bonchev–Trinajstić information content (AvgIpc) is 3.09. The lowest BCUT2D eigenvalue weighted by atomic mass is 9.76. The number of nitrogens with zero attached hydrogens (tertiary/aromatic N) is 3. The molecular weight excluding hydrogens is 690 g/mol. The van der Waals surface area contributed by atoms with Crippen molar-refractivity contribution in [2.24, 2.45) is 11.8 Å². The van der Waals surface area contributed by atoms with Gasteiger partial charge in [-0.25, -0.2) is 0 Å². The van der Waals surface area contributed by atoms with Gasteiger partial charge in [-0.05, 0) is 101 Å². The number of carboxylic acid groups (broad SMARTS) is 1. The fourth-order valence-corrected chi connectivity index (χ4v) is 8.38. The summed E-state index contributed by atoms with van der Waals surface area (Å²) in [7, 11) is 0. The third kappa shape index (κ3) is 7.37. The van der Waals surface area contributed by atoms with Crippen LogP contribution in [0.25, 0.3) is 0 Å². The predicted molar refractivity (Wildman–Crippen MR) is 166 cm³/mol. The van der Waals surface area contributed by atoms with Crippen LogP contribution in [0.15, 0.2) is 33.3 Å². The number of aliphatic hydroxyl groups is 1. The fourth-order valence-electron chi connectivity index (χ4n) is 6.88. The zero-order valence-corrected chi connectivity index (χ0v) is 27.3. The lowest BCUT2D eigenvalue weighted by Gasteiger charge is -2.38. The number of likely N-dealkylation sites (tertiary alicyclic amines) is 2. The summed E-state index contributed by atoms with van der Waals surface area (Å²) in [6.45, 7) is 2.48. The molecule has 0 saturated carbocycles. The minimum Gasteiger partial charge on any atom is -0.481 e. The van der Waals surface area contributed by atoms with Crippen molar-refractivity contribution in [3.8, 4) is 0 Å². The van der Waals surface area contributed by atoms with E-state index in [1.165, 1.54) is 16.7 Å². The number of rotatable bonds is 7.